The Bertz CT molecular complexity index is 346. The molecule has 0 N–H and O–H groups in total. The molecule has 0 spiro atoms. The van der Waals surface area contributed by atoms with Gasteiger partial charge in [0.25, 0.3) is 0 Å². The Hall–Kier alpha value is -0.930. The van der Waals surface area contributed by atoms with Crippen LogP contribution in [0.5, 0.6) is 0 Å². The summed E-state index contributed by atoms with van der Waals surface area (Å²) in [6, 6.07) is 4.31. The second-order valence-electron chi connectivity index (χ2n) is 4.79. The van der Waals surface area contributed by atoms with E-state index in [0.717, 1.165) is 19.6 Å². The molecule has 1 aliphatic heterocycles. The number of hydrogen-bond donors (Lipinski definition) is 0. The van der Waals surface area contributed by atoms with Gasteiger partial charge >= 0.3 is 0 Å². The Morgan fingerprint density at radius 1 is 1.50 bits per heavy atom. The Morgan fingerprint density at radius 3 is 2.88 bits per heavy atom. The van der Waals surface area contributed by atoms with Gasteiger partial charge in [0.2, 0.25) is 0 Å². The lowest BCUT2D eigenvalue weighted by atomic mass is 10.0. The number of ether oxygens (including phenoxy) is 1. The van der Waals surface area contributed by atoms with Gasteiger partial charge in [-0.2, -0.15) is 0 Å². The van der Waals surface area contributed by atoms with Crippen molar-refractivity contribution in [1.82, 2.24) is 9.88 Å². The largest absolute Gasteiger partial charge is 0.379 e. The standard InChI is InChI=1S/C13H20N2O/c1-10(2)11-4-5-14-12(6-11)7-15-8-13(9-15)16-3/h4-6,10,13H,7-9H2,1-3H3. The molecule has 0 bridgehead atoms. The third-order valence-electron chi connectivity index (χ3n) is 3.15. The van der Waals surface area contributed by atoms with Gasteiger partial charge in [-0.15, -0.1) is 0 Å². The SMILES string of the molecule is COC1CN(Cc2cc(C(C)C)ccn2)C1. The molecule has 0 saturated carbocycles. The van der Waals surface area contributed by atoms with E-state index < -0.39 is 0 Å². The van der Waals surface area contributed by atoms with Crippen LogP contribution in [-0.4, -0.2) is 36.2 Å². The maximum Gasteiger partial charge on any atom is 0.0825 e. The molecular formula is C13H20N2O. The van der Waals surface area contributed by atoms with Gasteiger partial charge in [0.15, 0.2) is 0 Å². The normalized spacial score (nSPS) is 17.8. The molecule has 1 saturated heterocycles. The van der Waals surface area contributed by atoms with Gasteiger partial charge in [-0.1, -0.05) is 13.8 Å². The minimum absolute atomic E-state index is 0.424. The van der Waals surface area contributed by atoms with E-state index in [1.54, 1.807) is 7.11 Å². The first kappa shape index (κ1) is 11.6. The number of hydrogen-bond acceptors (Lipinski definition) is 3. The predicted octanol–water partition coefficient (Wildman–Crippen LogP) is 2.04. The van der Waals surface area contributed by atoms with Crippen molar-refractivity contribution in [3.63, 3.8) is 0 Å². The van der Waals surface area contributed by atoms with Gasteiger partial charge in [-0.3, -0.25) is 9.88 Å². The first-order valence-corrected chi connectivity index (χ1v) is 5.89. The molecule has 2 rings (SSSR count). The third kappa shape index (κ3) is 2.60. The minimum Gasteiger partial charge on any atom is -0.379 e. The van der Waals surface area contributed by atoms with Crippen molar-refractivity contribution in [3.05, 3.63) is 29.6 Å². The van der Waals surface area contributed by atoms with Crippen molar-refractivity contribution in [3.8, 4) is 0 Å². The average Bonchev–Trinajstić information content (AvgIpc) is 2.23. The van der Waals surface area contributed by atoms with E-state index in [1.807, 2.05) is 6.20 Å². The van der Waals surface area contributed by atoms with Crippen molar-refractivity contribution in [1.29, 1.82) is 0 Å². The zero-order valence-electron chi connectivity index (χ0n) is 10.3. The summed E-state index contributed by atoms with van der Waals surface area (Å²) in [5.41, 5.74) is 2.54. The van der Waals surface area contributed by atoms with Gasteiger partial charge in [-0.25, -0.2) is 0 Å². The average molecular weight is 220 g/mol. The molecule has 1 aliphatic rings. The Kier molecular flexibility index (Phi) is 3.56. The molecule has 3 heteroatoms. The maximum absolute atomic E-state index is 5.25. The van der Waals surface area contributed by atoms with Gasteiger partial charge in [0, 0.05) is 32.9 Å². The van der Waals surface area contributed by atoms with Crippen LogP contribution in [0, 0.1) is 0 Å². The summed E-state index contributed by atoms with van der Waals surface area (Å²) in [6.45, 7) is 7.43. The molecule has 3 nitrogen and oxygen atoms in total. The first-order chi connectivity index (χ1) is 7.69. The molecule has 0 aromatic carbocycles. The highest BCUT2D eigenvalue weighted by Gasteiger charge is 2.26. The van der Waals surface area contributed by atoms with Crippen molar-refractivity contribution in [2.24, 2.45) is 0 Å². The van der Waals surface area contributed by atoms with E-state index in [0.29, 0.717) is 12.0 Å². The van der Waals surface area contributed by atoms with Crippen molar-refractivity contribution in [2.75, 3.05) is 20.2 Å². The summed E-state index contributed by atoms with van der Waals surface area (Å²) >= 11 is 0. The highest BCUT2D eigenvalue weighted by molar-refractivity contribution is 5.19. The molecule has 0 radical (unpaired) electrons. The summed E-state index contributed by atoms with van der Waals surface area (Å²) in [5, 5.41) is 0. The molecule has 88 valence electrons. The van der Waals surface area contributed by atoms with Gasteiger partial charge in [0.05, 0.1) is 11.8 Å². The lowest BCUT2D eigenvalue weighted by molar-refractivity contribution is -0.0339. The first-order valence-electron chi connectivity index (χ1n) is 5.89. The molecule has 1 aromatic heterocycles. The van der Waals surface area contributed by atoms with Crippen LogP contribution in [0.25, 0.3) is 0 Å². The molecule has 0 unspecified atom stereocenters. The Labute approximate surface area is 97.4 Å². The van der Waals surface area contributed by atoms with Crippen molar-refractivity contribution >= 4 is 0 Å². The lowest BCUT2D eigenvalue weighted by Crippen LogP contribution is -2.51. The van der Waals surface area contributed by atoms with Crippen molar-refractivity contribution < 1.29 is 4.74 Å². The van der Waals surface area contributed by atoms with Crippen LogP contribution < -0.4 is 0 Å². The highest BCUT2D eigenvalue weighted by atomic mass is 16.5. The van der Waals surface area contributed by atoms with Crippen LogP contribution in [0.1, 0.15) is 31.0 Å². The van der Waals surface area contributed by atoms with E-state index in [1.165, 1.54) is 11.3 Å². The smallest absolute Gasteiger partial charge is 0.0825 e. The quantitative estimate of drug-likeness (QED) is 0.776. The fourth-order valence-corrected chi connectivity index (χ4v) is 1.97. The summed E-state index contributed by atoms with van der Waals surface area (Å²) in [7, 11) is 1.78. The molecule has 0 amide bonds. The van der Waals surface area contributed by atoms with Gasteiger partial charge in [0.1, 0.15) is 0 Å². The highest BCUT2D eigenvalue weighted by Crippen LogP contribution is 2.17. The number of likely N-dealkylation sites (tertiary alicyclic amines) is 1. The zero-order chi connectivity index (χ0) is 11.5. The summed E-state index contributed by atoms with van der Waals surface area (Å²) < 4.78 is 5.25. The monoisotopic (exact) mass is 220 g/mol. The van der Waals surface area contributed by atoms with E-state index in [9.17, 15) is 0 Å². The Balaban J connectivity index is 1.92. The Morgan fingerprint density at radius 2 is 2.25 bits per heavy atom. The fraction of sp³-hybridized carbons (Fsp3) is 0.615. The summed E-state index contributed by atoms with van der Waals surface area (Å²) in [6.07, 6.45) is 2.34. The number of methoxy groups -OCH3 is 1. The second kappa shape index (κ2) is 4.93. The van der Waals surface area contributed by atoms with E-state index in [4.69, 9.17) is 4.74 Å². The zero-order valence-corrected chi connectivity index (χ0v) is 10.3. The van der Waals surface area contributed by atoms with E-state index >= 15 is 0 Å². The molecule has 2 heterocycles. The molecule has 0 aliphatic carbocycles. The minimum atomic E-state index is 0.424. The number of nitrogens with zero attached hydrogens (tertiary/aromatic N) is 2. The topological polar surface area (TPSA) is 25.4 Å². The van der Waals surface area contributed by atoms with Gasteiger partial charge < -0.3 is 4.74 Å². The van der Waals surface area contributed by atoms with Crippen LogP contribution in [-0.2, 0) is 11.3 Å². The number of rotatable bonds is 4. The summed E-state index contributed by atoms with van der Waals surface area (Å²) in [4.78, 5) is 6.77. The van der Waals surface area contributed by atoms with Gasteiger partial charge in [-0.05, 0) is 23.6 Å². The number of pyridine rings is 1. The molecule has 1 aromatic rings. The molecule has 0 atom stereocenters. The fourth-order valence-electron chi connectivity index (χ4n) is 1.97. The van der Waals surface area contributed by atoms with E-state index in [-0.39, 0.29) is 0 Å². The maximum atomic E-state index is 5.25. The van der Waals surface area contributed by atoms with E-state index in [2.05, 4.69) is 35.9 Å². The third-order valence-corrected chi connectivity index (χ3v) is 3.15. The van der Waals surface area contributed by atoms with Crippen LogP contribution in [0.15, 0.2) is 18.3 Å². The molecule has 1 fully saturated rings. The van der Waals surface area contributed by atoms with Crippen LogP contribution in [0.4, 0.5) is 0 Å². The van der Waals surface area contributed by atoms with Crippen LogP contribution in [0.3, 0.4) is 0 Å². The molecular weight excluding hydrogens is 200 g/mol. The lowest BCUT2D eigenvalue weighted by Gasteiger charge is -2.37. The predicted molar refractivity (Wildman–Crippen MR) is 64.4 cm³/mol. The number of aromatic nitrogens is 1. The molecule has 16 heavy (non-hydrogen) atoms. The van der Waals surface area contributed by atoms with Crippen molar-refractivity contribution in [2.45, 2.75) is 32.4 Å². The van der Waals surface area contributed by atoms with Crippen LogP contribution in [0.2, 0.25) is 0 Å². The second-order valence-corrected chi connectivity index (χ2v) is 4.79. The summed E-state index contributed by atoms with van der Waals surface area (Å²) in [5.74, 6) is 0.574. The van der Waals surface area contributed by atoms with Crippen LogP contribution >= 0.6 is 0 Å².